The summed E-state index contributed by atoms with van der Waals surface area (Å²) in [6.07, 6.45) is 0.208. The average molecular weight is 390 g/mol. The van der Waals surface area contributed by atoms with E-state index in [2.05, 4.69) is 48.0 Å². The number of hydrogen-bond donors (Lipinski definition) is 1. The SMILES string of the molecule is CC(C)CN1CCOC(CNC(=O)CN2CC(C)OC(c3ccccc3)C2)C1. The van der Waals surface area contributed by atoms with E-state index < -0.39 is 0 Å². The van der Waals surface area contributed by atoms with E-state index in [-0.39, 0.29) is 24.2 Å². The Kier molecular flexibility index (Phi) is 7.85. The first-order valence-electron chi connectivity index (χ1n) is 10.5. The second kappa shape index (κ2) is 10.3. The molecule has 2 heterocycles. The first kappa shape index (κ1) is 21.2. The fourth-order valence-corrected chi connectivity index (χ4v) is 4.09. The number of benzene rings is 1. The van der Waals surface area contributed by atoms with E-state index in [1.165, 1.54) is 5.56 Å². The third-order valence-corrected chi connectivity index (χ3v) is 5.25. The number of rotatable bonds is 7. The zero-order valence-electron chi connectivity index (χ0n) is 17.5. The van der Waals surface area contributed by atoms with Crippen LogP contribution >= 0.6 is 0 Å². The van der Waals surface area contributed by atoms with Crippen molar-refractivity contribution in [1.82, 2.24) is 15.1 Å². The minimum Gasteiger partial charge on any atom is -0.374 e. The molecule has 0 radical (unpaired) electrons. The number of carbonyl (C=O) groups is 1. The van der Waals surface area contributed by atoms with Crippen molar-refractivity contribution < 1.29 is 14.3 Å². The van der Waals surface area contributed by atoms with Crippen molar-refractivity contribution in [3.63, 3.8) is 0 Å². The normalized spacial score (nSPS) is 27.1. The highest BCUT2D eigenvalue weighted by molar-refractivity contribution is 5.78. The van der Waals surface area contributed by atoms with Gasteiger partial charge in [-0.3, -0.25) is 14.6 Å². The maximum Gasteiger partial charge on any atom is 0.234 e. The van der Waals surface area contributed by atoms with Gasteiger partial charge < -0.3 is 14.8 Å². The Morgan fingerprint density at radius 2 is 1.96 bits per heavy atom. The topological polar surface area (TPSA) is 54.0 Å². The molecule has 2 saturated heterocycles. The first-order valence-corrected chi connectivity index (χ1v) is 10.5. The number of carbonyl (C=O) groups excluding carboxylic acids is 1. The molecule has 2 aliphatic heterocycles. The molecule has 0 saturated carbocycles. The molecule has 156 valence electrons. The van der Waals surface area contributed by atoms with Crippen LogP contribution in [0.3, 0.4) is 0 Å². The van der Waals surface area contributed by atoms with Crippen molar-refractivity contribution in [2.45, 2.75) is 39.1 Å². The number of ether oxygens (including phenoxy) is 2. The van der Waals surface area contributed by atoms with Crippen LogP contribution in [-0.4, -0.2) is 80.3 Å². The van der Waals surface area contributed by atoms with E-state index in [4.69, 9.17) is 9.47 Å². The zero-order valence-corrected chi connectivity index (χ0v) is 17.5. The second-order valence-corrected chi connectivity index (χ2v) is 8.49. The maximum absolute atomic E-state index is 12.5. The molecule has 0 spiro atoms. The van der Waals surface area contributed by atoms with Gasteiger partial charge in [-0.05, 0) is 18.4 Å². The molecule has 6 nitrogen and oxygen atoms in total. The summed E-state index contributed by atoms with van der Waals surface area (Å²) < 4.78 is 11.9. The molecule has 1 N–H and O–H groups in total. The Bertz CT molecular complexity index is 610. The smallest absolute Gasteiger partial charge is 0.234 e. The van der Waals surface area contributed by atoms with Crippen molar-refractivity contribution in [2.75, 3.05) is 52.4 Å². The summed E-state index contributed by atoms with van der Waals surface area (Å²) in [6, 6.07) is 10.2. The summed E-state index contributed by atoms with van der Waals surface area (Å²) in [5, 5.41) is 3.07. The lowest BCUT2D eigenvalue weighted by Crippen LogP contribution is -2.51. The summed E-state index contributed by atoms with van der Waals surface area (Å²) in [5.74, 6) is 0.708. The Morgan fingerprint density at radius 3 is 2.71 bits per heavy atom. The van der Waals surface area contributed by atoms with Gasteiger partial charge in [0.2, 0.25) is 5.91 Å². The third-order valence-electron chi connectivity index (χ3n) is 5.25. The average Bonchev–Trinajstić information content (AvgIpc) is 2.66. The molecule has 2 fully saturated rings. The van der Waals surface area contributed by atoms with Crippen LogP contribution in [0.25, 0.3) is 0 Å². The number of hydrogen-bond acceptors (Lipinski definition) is 5. The largest absolute Gasteiger partial charge is 0.374 e. The molecule has 0 aromatic heterocycles. The van der Waals surface area contributed by atoms with Gasteiger partial charge in [-0.15, -0.1) is 0 Å². The molecule has 1 aromatic carbocycles. The van der Waals surface area contributed by atoms with Crippen LogP contribution in [0.15, 0.2) is 30.3 Å². The predicted octanol–water partition coefficient (Wildman–Crippen LogP) is 1.92. The summed E-state index contributed by atoms with van der Waals surface area (Å²) in [6.45, 7) is 12.7. The molecule has 3 atom stereocenters. The van der Waals surface area contributed by atoms with E-state index >= 15 is 0 Å². The number of morpholine rings is 2. The van der Waals surface area contributed by atoms with E-state index in [0.717, 1.165) is 39.3 Å². The quantitative estimate of drug-likeness (QED) is 0.772. The van der Waals surface area contributed by atoms with Gasteiger partial charge in [0.05, 0.1) is 31.5 Å². The molecular weight excluding hydrogens is 354 g/mol. The lowest BCUT2D eigenvalue weighted by molar-refractivity contribution is -0.128. The fourth-order valence-electron chi connectivity index (χ4n) is 4.09. The van der Waals surface area contributed by atoms with Gasteiger partial charge in [0, 0.05) is 39.3 Å². The van der Waals surface area contributed by atoms with Crippen molar-refractivity contribution >= 4 is 5.91 Å². The molecule has 3 unspecified atom stereocenters. The number of nitrogens with one attached hydrogen (secondary N) is 1. The van der Waals surface area contributed by atoms with Crippen LogP contribution in [0.4, 0.5) is 0 Å². The molecular formula is C22H35N3O3. The van der Waals surface area contributed by atoms with E-state index in [1.807, 2.05) is 18.2 Å². The number of nitrogens with zero attached hydrogens (tertiary/aromatic N) is 2. The van der Waals surface area contributed by atoms with Crippen LogP contribution in [0.5, 0.6) is 0 Å². The molecule has 3 rings (SSSR count). The minimum atomic E-state index is 0.0176. The summed E-state index contributed by atoms with van der Waals surface area (Å²) in [7, 11) is 0. The first-order chi connectivity index (χ1) is 13.5. The Balaban J connectivity index is 1.44. The van der Waals surface area contributed by atoms with Crippen molar-refractivity contribution in [1.29, 1.82) is 0 Å². The van der Waals surface area contributed by atoms with Crippen LogP contribution in [0.2, 0.25) is 0 Å². The summed E-state index contributed by atoms with van der Waals surface area (Å²) in [4.78, 5) is 17.1. The molecule has 1 amide bonds. The molecule has 1 aromatic rings. The molecule has 0 bridgehead atoms. The van der Waals surface area contributed by atoms with Gasteiger partial charge in [-0.1, -0.05) is 44.2 Å². The van der Waals surface area contributed by atoms with Crippen LogP contribution < -0.4 is 5.32 Å². The Morgan fingerprint density at radius 1 is 1.18 bits per heavy atom. The third kappa shape index (κ3) is 6.55. The van der Waals surface area contributed by atoms with E-state index in [1.54, 1.807) is 0 Å². The van der Waals surface area contributed by atoms with Crippen molar-refractivity contribution in [2.24, 2.45) is 5.92 Å². The summed E-state index contributed by atoms with van der Waals surface area (Å²) >= 11 is 0. The molecule has 2 aliphatic rings. The van der Waals surface area contributed by atoms with Gasteiger partial charge in [0.25, 0.3) is 0 Å². The van der Waals surface area contributed by atoms with Crippen LogP contribution in [0, 0.1) is 5.92 Å². The van der Waals surface area contributed by atoms with Gasteiger partial charge in [0.1, 0.15) is 0 Å². The van der Waals surface area contributed by atoms with E-state index in [9.17, 15) is 4.79 Å². The number of amides is 1. The van der Waals surface area contributed by atoms with Crippen LogP contribution in [-0.2, 0) is 14.3 Å². The Hall–Kier alpha value is -1.47. The lowest BCUT2D eigenvalue weighted by atomic mass is 10.1. The van der Waals surface area contributed by atoms with Gasteiger partial charge >= 0.3 is 0 Å². The van der Waals surface area contributed by atoms with Crippen LogP contribution in [0.1, 0.15) is 32.4 Å². The molecule has 28 heavy (non-hydrogen) atoms. The maximum atomic E-state index is 12.5. The van der Waals surface area contributed by atoms with Crippen molar-refractivity contribution in [3.05, 3.63) is 35.9 Å². The molecule has 6 heteroatoms. The monoisotopic (exact) mass is 389 g/mol. The predicted molar refractivity (Wildman–Crippen MR) is 110 cm³/mol. The molecule has 0 aliphatic carbocycles. The van der Waals surface area contributed by atoms with Gasteiger partial charge in [-0.25, -0.2) is 0 Å². The highest BCUT2D eigenvalue weighted by atomic mass is 16.5. The Labute approximate surface area is 169 Å². The standard InChI is InChI=1S/C22H35N3O3/c1-17(2)12-24-9-10-27-20(14-24)11-23-22(26)16-25-13-18(3)28-21(15-25)19-7-5-4-6-8-19/h4-8,17-18,20-21H,9-16H2,1-3H3,(H,23,26). The minimum absolute atomic E-state index is 0.0176. The highest BCUT2D eigenvalue weighted by Gasteiger charge is 2.28. The van der Waals surface area contributed by atoms with Crippen molar-refractivity contribution in [3.8, 4) is 0 Å². The fraction of sp³-hybridized carbons (Fsp3) is 0.682. The summed E-state index contributed by atoms with van der Waals surface area (Å²) in [5.41, 5.74) is 1.17. The second-order valence-electron chi connectivity index (χ2n) is 8.49. The highest BCUT2D eigenvalue weighted by Crippen LogP contribution is 2.24. The zero-order chi connectivity index (χ0) is 19.9. The van der Waals surface area contributed by atoms with Gasteiger partial charge in [0.15, 0.2) is 0 Å². The van der Waals surface area contributed by atoms with Gasteiger partial charge in [-0.2, -0.15) is 0 Å². The van der Waals surface area contributed by atoms with E-state index in [0.29, 0.717) is 19.0 Å². The lowest BCUT2D eigenvalue weighted by Gasteiger charge is -2.37.